The maximum Gasteiger partial charge on any atom is 0.161 e. The summed E-state index contributed by atoms with van der Waals surface area (Å²) in [5.41, 5.74) is 7.91. The molecule has 2 rings (SSSR count). The van der Waals surface area contributed by atoms with Gasteiger partial charge in [0.15, 0.2) is 11.5 Å². The van der Waals surface area contributed by atoms with Crippen molar-refractivity contribution in [2.24, 2.45) is 11.7 Å². The van der Waals surface area contributed by atoms with Gasteiger partial charge in [-0.05, 0) is 54.3 Å². The smallest absolute Gasteiger partial charge is 0.161 e. The third-order valence-electron chi connectivity index (χ3n) is 3.89. The molecule has 4 heteroatoms. The third kappa shape index (κ3) is 4.96. The molecular weight excluding hydrogens is 305 g/mol. The first kappa shape index (κ1) is 18.3. The molecule has 0 saturated carbocycles. The summed E-state index contributed by atoms with van der Waals surface area (Å²) in [7, 11) is 1.63. The molecule has 0 aliphatic rings. The highest BCUT2D eigenvalue weighted by molar-refractivity contribution is 5.43. The number of benzene rings is 2. The zero-order valence-electron chi connectivity index (χ0n) is 14.6. The molecule has 0 spiro atoms. The Bertz CT molecular complexity index is 658. The predicted octanol–water partition coefficient (Wildman–Crippen LogP) is 4.15. The zero-order chi connectivity index (χ0) is 17.5. The van der Waals surface area contributed by atoms with Crippen molar-refractivity contribution in [2.75, 3.05) is 20.3 Å². The first-order valence-corrected chi connectivity index (χ1v) is 8.28. The van der Waals surface area contributed by atoms with Crippen LogP contribution >= 0.6 is 0 Å². The lowest BCUT2D eigenvalue weighted by molar-refractivity contribution is 0.256. The van der Waals surface area contributed by atoms with Crippen LogP contribution in [0.4, 0.5) is 4.39 Å². The lowest BCUT2D eigenvalue weighted by Crippen LogP contribution is -2.15. The second-order valence-electron chi connectivity index (χ2n) is 6.38. The minimum Gasteiger partial charge on any atom is -0.493 e. The number of hydrogen-bond donors (Lipinski definition) is 1. The molecule has 0 heterocycles. The molecule has 1 unspecified atom stereocenters. The van der Waals surface area contributed by atoms with Gasteiger partial charge in [0.05, 0.1) is 13.7 Å². The van der Waals surface area contributed by atoms with Gasteiger partial charge in [-0.25, -0.2) is 4.39 Å². The fraction of sp³-hybridized carbons (Fsp3) is 0.400. The number of nitrogens with two attached hydrogens (primary N) is 1. The van der Waals surface area contributed by atoms with Crippen molar-refractivity contribution < 1.29 is 13.9 Å². The molecule has 0 amide bonds. The average molecular weight is 331 g/mol. The summed E-state index contributed by atoms with van der Waals surface area (Å²) in [6.07, 6.45) is 0.723. The number of hydrogen-bond acceptors (Lipinski definition) is 3. The third-order valence-corrected chi connectivity index (χ3v) is 3.89. The molecule has 0 bridgehead atoms. The monoisotopic (exact) mass is 331 g/mol. The fourth-order valence-electron chi connectivity index (χ4n) is 2.60. The van der Waals surface area contributed by atoms with Gasteiger partial charge in [0.25, 0.3) is 0 Å². The van der Waals surface area contributed by atoms with Crippen LogP contribution in [0.3, 0.4) is 0 Å². The molecule has 2 aromatic carbocycles. The fourth-order valence-corrected chi connectivity index (χ4v) is 2.60. The van der Waals surface area contributed by atoms with Gasteiger partial charge in [0.2, 0.25) is 0 Å². The first-order valence-electron chi connectivity index (χ1n) is 8.28. The van der Waals surface area contributed by atoms with Gasteiger partial charge in [0, 0.05) is 5.92 Å². The Morgan fingerprint density at radius 1 is 1.08 bits per heavy atom. The van der Waals surface area contributed by atoms with Crippen LogP contribution < -0.4 is 15.2 Å². The van der Waals surface area contributed by atoms with E-state index in [1.54, 1.807) is 19.2 Å². The molecule has 0 fully saturated rings. The second kappa shape index (κ2) is 8.69. The van der Waals surface area contributed by atoms with E-state index in [4.69, 9.17) is 15.2 Å². The zero-order valence-corrected chi connectivity index (χ0v) is 14.6. The summed E-state index contributed by atoms with van der Waals surface area (Å²) in [6.45, 7) is 5.30. The van der Waals surface area contributed by atoms with E-state index >= 15 is 0 Å². The maximum absolute atomic E-state index is 13.4. The van der Waals surface area contributed by atoms with E-state index in [2.05, 4.69) is 13.8 Å². The summed E-state index contributed by atoms with van der Waals surface area (Å²) in [6, 6.07) is 12.5. The van der Waals surface area contributed by atoms with E-state index in [0.717, 1.165) is 23.3 Å². The Morgan fingerprint density at radius 2 is 1.88 bits per heavy atom. The second-order valence-corrected chi connectivity index (χ2v) is 6.38. The SMILES string of the molecule is COc1cc(CC(CN)c2cccc(F)c2)ccc1OCC(C)C. The highest BCUT2D eigenvalue weighted by Gasteiger charge is 2.14. The number of halogens is 1. The summed E-state index contributed by atoms with van der Waals surface area (Å²) in [5.74, 6) is 1.73. The molecule has 130 valence electrons. The molecule has 1 atom stereocenters. The van der Waals surface area contributed by atoms with E-state index in [9.17, 15) is 4.39 Å². The lowest BCUT2D eigenvalue weighted by Gasteiger charge is -2.17. The van der Waals surface area contributed by atoms with E-state index in [1.165, 1.54) is 6.07 Å². The quantitative estimate of drug-likeness (QED) is 0.790. The van der Waals surface area contributed by atoms with Crippen molar-refractivity contribution >= 4 is 0 Å². The normalized spacial score (nSPS) is 12.2. The van der Waals surface area contributed by atoms with Crippen LogP contribution in [0, 0.1) is 11.7 Å². The Labute approximate surface area is 143 Å². The minimum absolute atomic E-state index is 0.0628. The Morgan fingerprint density at radius 3 is 2.50 bits per heavy atom. The molecule has 0 saturated heterocycles. The Hall–Kier alpha value is -2.07. The van der Waals surface area contributed by atoms with Crippen LogP contribution in [-0.4, -0.2) is 20.3 Å². The van der Waals surface area contributed by atoms with Crippen molar-refractivity contribution in [3.63, 3.8) is 0 Å². The highest BCUT2D eigenvalue weighted by Crippen LogP contribution is 2.30. The molecule has 2 aromatic rings. The van der Waals surface area contributed by atoms with Crippen molar-refractivity contribution in [3.05, 3.63) is 59.4 Å². The molecule has 0 aliphatic heterocycles. The predicted molar refractivity (Wildman–Crippen MR) is 95.2 cm³/mol. The molecule has 0 aromatic heterocycles. The first-order chi connectivity index (χ1) is 11.5. The standard InChI is InChI=1S/C20H26FNO2/c1-14(2)13-24-19-8-7-15(10-20(19)23-3)9-17(12-22)16-5-4-6-18(21)11-16/h4-8,10-11,14,17H,9,12-13,22H2,1-3H3. The number of methoxy groups -OCH3 is 1. The topological polar surface area (TPSA) is 44.5 Å². The molecule has 0 radical (unpaired) electrons. The van der Waals surface area contributed by atoms with E-state index in [1.807, 2.05) is 24.3 Å². The summed E-state index contributed by atoms with van der Waals surface area (Å²) >= 11 is 0. The van der Waals surface area contributed by atoms with Crippen LogP contribution in [-0.2, 0) is 6.42 Å². The summed E-state index contributed by atoms with van der Waals surface area (Å²) in [5, 5.41) is 0. The lowest BCUT2D eigenvalue weighted by atomic mass is 9.92. The van der Waals surface area contributed by atoms with Crippen LogP contribution in [0.25, 0.3) is 0 Å². The van der Waals surface area contributed by atoms with E-state index < -0.39 is 0 Å². The summed E-state index contributed by atoms with van der Waals surface area (Å²) < 4.78 is 24.7. The van der Waals surface area contributed by atoms with Crippen LogP contribution in [0.5, 0.6) is 11.5 Å². The largest absolute Gasteiger partial charge is 0.493 e. The average Bonchev–Trinajstić information content (AvgIpc) is 2.58. The minimum atomic E-state index is -0.235. The molecule has 2 N–H and O–H groups in total. The van der Waals surface area contributed by atoms with Crippen LogP contribution in [0.1, 0.15) is 30.9 Å². The van der Waals surface area contributed by atoms with Crippen LogP contribution in [0.2, 0.25) is 0 Å². The van der Waals surface area contributed by atoms with Gasteiger partial charge in [-0.1, -0.05) is 32.0 Å². The molecular formula is C20H26FNO2. The molecule has 24 heavy (non-hydrogen) atoms. The van der Waals surface area contributed by atoms with E-state index in [0.29, 0.717) is 24.8 Å². The van der Waals surface area contributed by atoms with Gasteiger partial charge in [0.1, 0.15) is 5.82 Å². The molecule has 3 nitrogen and oxygen atoms in total. The van der Waals surface area contributed by atoms with Gasteiger partial charge in [-0.2, -0.15) is 0 Å². The van der Waals surface area contributed by atoms with Crippen molar-refractivity contribution in [3.8, 4) is 11.5 Å². The van der Waals surface area contributed by atoms with Gasteiger partial charge in [-0.3, -0.25) is 0 Å². The van der Waals surface area contributed by atoms with Gasteiger partial charge >= 0.3 is 0 Å². The van der Waals surface area contributed by atoms with Crippen molar-refractivity contribution in [2.45, 2.75) is 26.2 Å². The highest BCUT2D eigenvalue weighted by atomic mass is 19.1. The van der Waals surface area contributed by atoms with Crippen molar-refractivity contribution in [1.82, 2.24) is 0 Å². The number of ether oxygens (including phenoxy) is 2. The Kier molecular flexibility index (Phi) is 6.62. The van der Waals surface area contributed by atoms with E-state index in [-0.39, 0.29) is 11.7 Å². The summed E-state index contributed by atoms with van der Waals surface area (Å²) in [4.78, 5) is 0. The number of rotatable bonds is 8. The Balaban J connectivity index is 2.16. The maximum atomic E-state index is 13.4. The van der Waals surface area contributed by atoms with Gasteiger partial charge < -0.3 is 15.2 Å². The van der Waals surface area contributed by atoms with Gasteiger partial charge in [-0.15, -0.1) is 0 Å². The van der Waals surface area contributed by atoms with Crippen LogP contribution in [0.15, 0.2) is 42.5 Å². The van der Waals surface area contributed by atoms with Crippen molar-refractivity contribution in [1.29, 1.82) is 0 Å². The molecule has 0 aliphatic carbocycles.